The van der Waals surface area contributed by atoms with Gasteiger partial charge in [-0.05, 0) is 38.0 Å². The Morgan fingerprint density at radius 1 is 1.30 bits per heavy atom. The lowest BCUT2D eigenvalue weighted by Gasteiger charge is -2.32. The highest BCUT2D eigenvalue weighted by Crippen LogP contribution is 2.35. The van der Waals surface area contributed by atoms with Crippen LogP contribution in [0.2, 0.25) is 0 Å². The number of nitrogens with two attached hydrogens (primary N) is 1. The number of anilines is 1. The molecular formula is C21H23FN6O2. The number of carbonyl (C=O) groups is 1. The van der Waals surface area contributed by atoms with E-state index in [1.54, 1.807) is 24.0 Å². The molecule has 0 unspecified atom stereocenters. The van der Waals surface area contributed by atoms with E-state index in [2.05, 4.69) is 16.5 Å². The van der Waals surface area contributed by atoms with Gasteiger partial charge >= 0.3 is 0 Å². The van der Waals surface area contributed by atoms with E-state index in [4.69, 9.17) is 15.6 Å². The zero-order chi connectivity index (χ0) is 21.4. The van der Waals surface area contributed by atoms with Crippen LogP contribution in [0, 0.1) is 5.82 Å². The fourth-order valence-corrected chi connectivity index (χ4v) is 3.85. The Kier molecular flexibility index (Phi) is 5.11. The Hall–Kier alpha value is -3.49. The standard InChI is InChI=1S/C21H23FN6O2/c1-12(2)21(29)27-8-6-14(7-9-27)28-20-17(19(23)24-11-25-20)18(26-28)13-4-5-16(30-3)15(22)10-13/h4-5,10-11,14H,1,6-9H2,2-3H3,(H2,23,24,25). The number of amides is 1. The minimum absolute atomic E-state index is 0.0280. The Labute approximate surface area is 173 Å². The number of piperidine rings is 1. The first-order valence-electron chi connectivity index (χ1n) is 9.68. The number of methoxy groups -OCH3 is 1. The molecule has 1 amide bonds. The largest absolute Gasteiger partial charge is 0.494 e. The van der Waals surface area contributed by atoms with E-state index < -0.39 is 5.82 Å². The van der Waals surface area contributed by atoms with Crippen LogP contribution in [0.25, 0.3) is 22.3 Å². The van der Waals surface area contributed by atoms with Crippen molar-refractivity contribution in [1.82, 2.24) is 24.6 Å². The maximum Gasteiger partial charge on any atom is 0.248 e. The van der Waals surface area contributed by atoms with E-state index in [0.717, 1.165) is 12.8 Å². The lowest BCUT2D eigenvalue weighted by molar-refractivity contribution is -0.128. The molecule has 0 bridgehead atoms. The molecule has 0 aliphatic carbocycles. The minimum atomic E-state index is -0.486. The van der Waals surface area contributed by atoms with Crippen LogP contribution in [-0.4, -0.2) is 50.8 Å². The first kappa shape index (κ1) is 19.8. The highest BCUT2D eigenvalue weighted by Gasteiger charge is 2.28. The van der Waals surface area contributed by atoms with Gasteiger partial charge < -0.3 is 15.4 Å². The lowest BCUT2D eigenvalue weighted by Crippen LogP contribution is -2.39. The van der Waals surface area contributed by atoms with Crippen molar-refractivity contribution in [2.75, 3.05) is 25.9 Å². The summed E-state index contributed by atoms with van der Waals surface area (Å²) in [5.41, 5.74) is 8.35. The number of nitrogen functional groups attached to an aromatic ring is 1. The number of aromatic nitrogens is 4. The quantitative estimate of drug-likeness (QED) is 0.664. The summed E-state index contributed by atoms with van der Waals surface area (Å²) in [6, 6.07) is 4.69. The summed E-state index contributed by atoms with van der Waals surface area (Å²) in [4.78, 5) is 22.5. The number of likely N-dealkylation sites (tertiary alicyclic amines) is 1. The molecule has 1 aliphatic heterocycles. The van der Waals surface area contributed by atoms with Crippen molar-refractivity contribution in [3.8, 4) is 17.0 Å². The van der Waals surface area contributed by atoms with Gasteiger partial charge in [0, 0.05) is 24.2 Å². The highest BCUT2D eigenvalue weighted by molar-refractivity contribution is 5.98. The van der Waals surface area contributed by atoms with Crippen LogP contribution >= 0.6 is 0 Å². The number of hydrogen-bond acceptors (Lipinski definition) is 6. The molecule has 0 radical (unpaired) electrons. The number of hydrogen-bond donors (Lipinski definition) is 1. The summed E-state index contributed by atoms with van der Waals surface area (Å²) in [5, 5.41) is 5.34. The Morgan fingerprint density at radius 2 is 2.03 bits per heavy atom. The van der Waals surface area contributed by atoms with Crippen molar-refractivity contribution in [3.63, 3.8) is 0 Å². The normalized spacial score (nSPS) is 14.8. The van der Waals surface area contributed by atoms with E-state index >= 15 is 0 Å². The Morgan fingerprint density at radius 3 is 2.67 bits per heavy atom. The van der Waals surface area contributed by atoms with Crippen LogP contribution in [0.1, 0.15) is 25.8 Å². The van der Waals surface area contributed by atoms with E-state index in [0.29, 0.717) is 41.0 Å². The van der Waals surface area contributed by atoms with E-state index in [9.17, 15) is 9.18 Å². The second-order valence-corrected chi connectivity index (χ2v) is 7.40. The van der Waals surface area contributed by atoms with Crippen molar-refractivity contribution in [1.29, 1.82) is 0 Å². The fourth-order valence-electron chi connectivity index (χ4n) is 3.85. The van der Waals surface area contributed by atoms with Gasteiger partial charge in [0.2, 0.25) is 5.91 Å². The van der Waals surface area contributed by atoms with Crippen LogP contribution in [0.4, 0.5) is 10.2 Å². The molecule has 0 atom stereocenters. The summed E-state index contributed by atoms with van der Waals surface area (Å²) < 4.78 is 21.1. The number of fused-ring (bicyclic) bond motifs is 1. The molecule has 1 aromatic carbocycles. The molecule has 4 rings (SSSR count). The van der Waals surface area contributed by atoms with Gasteiger partial charge in [0.05, 0.1) is 18.5 Å². The van der Waals surface area contributed by atoms with E-state index in [1.165, 1.54) is 19.5 Å². The lowest BCUT2D eigenvalue weighted by atomic mass is 10.0. The maximum atomic E-state index is 14.3. The van der Waals surface area contributed by atoms with Crippen molar-refractivity contribution in [2.45, 2.75) is 25.8 Å². The molecule has 2 aromatic heterocycles. The van der Waals surface area contributed by atoms with Crippen molar-refractivity contribution in [3.05, 3.63) is 42.5 Å². The highest BCUT2D eigenvalue weighted by atomic mass is 19.1. The van der Waals surface area contributed by atoms with Crippen LogP contribution in [0.15, 0.2) is 36.7 Å². The molecule has 1 aliphatic rings. The Balaban J connectivity index is 1.73. The SMILES string of the molecule is C=C(C)C(=O)N1CCC(n2nc(-c3ccc(OC)c(F)c3)c3c(N)ncnc32)CC1. The van der Waals surface area contributed by atoms with E-state index in [-0.39, 0.29) is 23.5 Å². The molecule has 1 fully saturated rings. The molecule has 0 saturated carbocycles. The summed E-state index contributed by atoms with van der Waals surface area (Å²) in [6.07, 6.45) is 2.83. The number of rotatable bonds is 4. The first-order chi connectivity index (χ1) is 14.4. The van der Waals surface area contributed by atoms with E-state index in [1.807, 2.05) is 4.68 Å². The number of halogens is 1. The summed E-state index contributed by atoms with van der Waals surface area (Å²) in [5.74, 6) is -0.0758. The van der Waals surface area contributed by atoms with Gasteiger partial charge in [-0.1, -0.05) is 6.58 Å². The topological polar surface area (TPSA) is 99.2 Å². The first-order valence-corrected chi connectivity index (χ1v) is 9.68. The molecule has 3 aromatic rings. The summed E-state index contributed by atoms with van der Waals surface area (Å²) in [7, 11) is 1.42. The predicted octanol–water partition coefficient (Wildman–Crippen LogP) is 2.96. The Bertz CT molecular complexity index is 1130. The van der Waals surface area contributed by atoms with Crippen LogP contribution in [0.5, 0.6) is 5.75 Å². The fraction of sp³-hybridized carbons (Fsp3) is 0.333. The molecule has 1 saturated heterocycles. The third-order valence-corrected chi connectivity index (χ3v) is 5.41. The van der Waals surface area contributed by atoms with Gasteiger partial charge in [-0.15, -0.1) is 0 Å². The third kappa shape index (κ3) is 3.36. The second kappa shape index (κ2) is 7.74. The van der Waals surface area contributed by atoms with Crippen LogP contribution < -0.4 is 10.5 Å². The molecule has 8 nitrogen and oxygen atoms in total. The van der Waals surface area contributed by atoms with Gasteiger partial charge in [-0.25, -0.2) is 19.0 Å². The molecule has 0 spiro atoms. The van der Waals surface area contributed by atoms with Gasteiger partial charge in [-0.3, -0.25) is 4.79 Å². The molecule has 30 heavy (non-hydrogen) atoms. The zero-order valence-electron chi connectivity index (χ0n) is 16.9. The van der Waals surface area contributed by atoms with Gasteiger partial charge in [0.1, 0.15) is 17.8 Å². The number of carbonyl (C=O) groups excluding carboxylic acids is 1. The average molecular weight is 410 g/mol. The van der Waals surface area contributed by atoms with Gasteiger partial charge in [0.15, 0.2) is 17.2 Å². The molecule has 3 heterocycles. The minimum Gasteiger partial charge on any atom is -0.494 e. The van der Waals surface area contributed by atoms with Crippen LogP contribution in [-0.2, 0) is 4.79 Å². The smallest absolute Gasteiger partial charge is 0.248 e. The predicted molar refractivity (Wildman–Crippen MR) is 111 cm³/mol. The van der Waals surface area contributed by atoms with Gasteiger partial charge in [-0.2, -0.15) is 5.10 Å². The van der Waals surface area contributed by atoms with Crippen LogP contribution in [0.3, 0.4) is 0 Å². The molecular weight excluding hydrogens is 387 g/mol. The third-order valence-electron chi connectivity index (χ3n) is 5.41. The van der Waals surface area contributed by atoms with Crippen molar-refractivity contribution < 1.29 is 13.9 Å². The number of ether oxygens (including phenoxy) is 1. The monoisotopic (exact) mass is 410 g/mol. The summed E-state index contributed by atoms with van der Waals surface area (Å²) >= 11 is 0. The second-order valence-electron chi connectivity index (χ2n) is 7.40. The van der Waals surface area contributed by atoms with Crippen molar-refractivity contribution >= 4 is 22.8 Å². The molecule has 156 valence electrons. The van der Waals surface area contributed by atoms with Crippen molar-refractivity contribution in [2.24, 2.45) is 0 Å². The average Bonchev–Trinajstić information content (AvgIpc) is 3.14. The van der Waals surface area contributed by atoms with Gasteiger partial charge in [0.25, 0.3) is 0 Å². The number of nitrogens with zero attached hydrogens (tertiary/aromatic N) is 5. The molecule has 2 N–H and O–H groups in total. The zero-order valence-corrected chi connectivity index (χ0v) is 16.9. The number of benzene rings is 1. The maximum absolute atomic E-state index is 14.3. The molecule has 9 heteroatoms. The summed E-state index contributed by atoms with van der Waals surface area (Å²) in [6.45, 7) is 6.66.